The molecule has 1 amide bonds. The zero-order chi connectivity index (χ0) is 19.2. The number of hydrogen-bond donors (Lipinski definition) is 1. The van der Waals surface area contributed by atoms with Gasteiger partial charge in [-0.2, -0.15) is 16.1 Å². The average molecular weight is 396 g/mol. The predicted molar refractivity (Wildman–Crippen MR) is 98.0 cm³/mol. The standard InChI is InChI=1S/C17H20N2O5S2/c1-13(18-26(22,23)15-6-4-3-5-7-15)17(21)24-11-16(20)19(2)10-14-8-9-25-12-14/h3-9,12-13,18H,10-11H2,1-2H3/t13-/m0/s1. The van der Waals surface area contributed by atoms with Gasteiger partial charge in [0.05, 0.1) is 4.90 Å². The van der Waals surface area contributed by atoms with Crippen LogP contribution >= 0.6 is 11.3 Å². The number of nitrogens with one attached hydrogen (secondary N) is 1. The number of thiophene rings is 1. The number of esters is 1. The molecule has 0 aliphatic rings. The Morgan fingerprint density at radius 1 is 1.23 bits per heavy atom. The second-order valence-electron chi connectivity index (χ2n) is 5.65. The fraction of sp³-hybridized carbons (Fsp3) is 0.294. The Bertz CT molecular complexity index is 835. The third kappa shape index (κ3) is 5.65. The van der Waals surface area contributed by atoms with Gasteiger partial charge in [-0.3, -0.25) is 9.59 Å². The van der Waals surface area contributed by atoms with Gasteiger partial charge in [-0.05, 0) is 41.4 Å². The second kappa shape index (κ2) is 8.93. The van der Waals surface area contributed by atoms with E-state index in [9.17, 15) is 18.0 Å². The van der Waals surface area contributed by atoms with Gasteiger partial charge < -0.3 is 9.64 Å². The summed E-state index contributed by atoms with van der Waals surface area (Å²) in [5.41, 5.74) is 0.987. The van der Waals surface area contributed by atoms with E-state index in [-0.39, 0.29) is 10.8 Å². The monoisotopic (exact) mass is 396 g/mol. The molecule has 0 saturated carbocycles. The Hall–Kier alpha value is -2.23. The number of carbonyl (C=O) groups excluding carboxylic acids is 2. The summed E-state index contributed by atoms with van der Waals surface area (Å²) >= 11 is 1.53. The number of benzene rings is 1. The van der Waals surface area contributed by atoms with Gasteiger partial charge in [-0.25, -0.2) is 8.42 Å². The summed E-state index contributed by atoms with van der Waals surface area (Å²) in [6.45, 7) is 1.33. The van der Waals surface area contributed by atoms with Crippen molar-refractivity contribution < 1.29 is 22.7 Å². The number of likely N-dealkylation sites (N-methyl/N-ethyl adjacent to an activating group) is 1. The van der Waals surface area contributed by atoms with E-state index in [4.69, 9.17) is 4.74 Å². The Morgan fingerprint density at radius 2 is 1.92 bits per heavy atom. The van der Waals surface area contributed by atoms with Crippen LogP contribution in [0.3, 0.4) is 0 Å². The molecule has 0 spiro atoms. The van der Waals surface area contributed by atoms with Gasteiger partial charge in [0.25, 0.3) is 5.91 Å². The van der Waals surface area contributed by atoms with E-state index in [1.807, 2.05) is 16.8 Å². The summed E-state index contributed by atoms with van der Waals surface area (Å²) < 4.78 is 31.5. The van der Waals surface area contributed by atoms with Gasteiger partial charge in [0.2, 0.25) is 10.0 Å². The van der Waals surface area contributed by atoms with Crippen LogP contribution in [-0.2, 0) is 30.9 Å². The van der Waals surface area contributed by atoms with Gasteiger partial charge >= 0.3 is 5.97 Å². The third-order valence-corrected chi connectivity index (χ3v) is 5.79. The van der Waals surface area contributed by atoms with Crippen molar-refractivity contribution in [1.82, 2.24) is 9.62 Å². The van der Waals surface area contributed by atoms with Gasteiger partial charge in [0, 0.05) is 13.6 Å². The number of rotatable bonds is 8. The number of hydrogen-bond acceptors (Lipinski definition) is 6. The Kier molecular flexibility index (Phi) is 6.90. The molecule has 1 aromatic carbocycles. The molecule has 0 unspecified atom stereocenters. The van der Waals surface area contributed by atoms with E-state index >= 15 is 0 Å². The zero-order valence-corrected chi connectivity index (χ0v) is 16.0. The first-order chi connectivity index (χ1) is 12.3. The largest absolute Gasteiger partial charge is 0.454 e. The lowest BCUT2D eigenvalue weighted by Gasteiger charge is -2.18. The fourth-order valence-corrected chi connectivity index (χ4v) is 3.93. The molecule has 26 heavy (non-hydrogen) atoms. The Balaban J connectivity index is 1.84. The lowest BCUT2D eigenvalue weighted by atomic mass is 10.3. The highest BCUT2D eigenvalue weighted by Gasteiger charge is 2.24. The van der Waals surface area contributed by atoms with Crippen LogP contribution < -0.4 is 4.72 Å². The molecule has 0 fully saturated rings. The summed E-state index contributed by atoms with van der Waals surface area (Å²) in [4.78, 5) is 25.5. The lowest BCUT2D eigenvalue weighted by Crippen LogP contribution is -2.41. The van der Waals surface area contributed by atoms with Crippen LogP contribution in [0.4, 0.5) is 0 Å². The van der Waals surface area contributed by atoms with Crippen LogP contribution in [0, 0.1) is 0 Å². The van der Waals surface area contributed by atoms with Gasteiger partial charge in [0.15, 0.2) is 6.61 Å². The SMILES string of the molecule is C[C@H](NS(=O)(=O)c1ccccc1)C(=O)OCC(=O)N(C)Cc1ccsc1. The van der Waals surface area contributed by atoms with Crippen molar-refractivity contribution in [3.05, 3.63) is 52.7 Å². The van der Waals surface area contributed by atoms with Crippen molar-refractivity contribution in [2.45, 2.75) is 24.4 Å². The topological polar surface area (TPSA) is 92.8 Å². The van der Waals surface area contributed by atoms with Crippen LogP contribution in [0.5, 0.6) is 0 Å². The van der Waals surface area contributed by atoms with E-state index in [1.165, 1.54) is 35.3 Å². The highest BCUT2D eigenvalue weighted by atomic mass is 32.2. The Labute approximate surface area is 156 Å². The minimum atomic E-state index is -3.84. The minimum absolute atomic E-state index is 0.0474. The maximum Gasteiger partial charge on any atom is 0.324 e. The summed E-state index contributed by atoms with van der Waals surface area (Å²) in [5, 5.41) is 3.84. The van der Waals surface area contributed by atoms with Crippen LogP contribution in [0.2, 0.25) is 0 Å². The molecule has 140 valence electrons. The summed E-state index contributed by atoms with van der Waals surface area (Å²) in [7, 11) is -2.23. The predicted octanol–water partition coefficient (Wildman–Crippen LogP) is 1.62. The quantitative estimate of drug-likeness (QED) is 0.685. The number of sulfonamides is 1. The van der Waals surface area contributed by atoms with E-state index in [1.54, 1.807) is 25.2 Å². The smallest absolute Gasteiger partial charge is 0.324 e. The van der Waals surface area contributed by atoms with Gasteiger partial charge in [-0.15, -0.1) is 0 Å². The first kappa shape index (κ1) is 20.1. The first-order valence-electron chi connectivity index (χ1n) is 7.78. The van der Waals surface area contributed by atoms with Crippen LogP contribution in [0.15, 0.2) is 52.1 Å². The molecule has 1 N–H and O–H groups in total. The molecule has 0 aliphatic heterocycles. The third-order valence-electron chi connectivity index (χ3n) is 3.50. The minimum Gasteiger partial charge on any atom is -0.454 e. The Morgan fingerprint density at radius 3 is 2.54 bits per heavy atom. The van der Waals surface area contributed by atoms with Crippen molar-refractivity contribution in [2.75, 3.05) is 13.7 Å². The van der Waals surface area contributed by atoms with Crippen molar-refractivity contribution in [3.8, 4) is 0 Å². The van der Waals surface area contributed by atoms with E-state index in [0.29, 0.717) is 6.54 Å². The van der Waals surface area contributed by atoms with Crippen molar-refractivity contribution in [2.24, 2.45) is 0 Å². The molecule has 2 rings (SSSR count). The number of carbonyl (C=O) groups is 2. The second-order valence-corrected chi connectivity index (χ2v) is 8.14. The number of amides is 1. The fourth-order valence-electron chi connectivity index (χ4n) is 2.06. The van der Waals surface area contributed by atoms with E-state index < -0.39 is 28.6 Å². The molecule has 2 aromatic rings. The van der Waals surface area contributed by atoms with E-state index in [0.717, 1.165) is 5.56 Å². The highest BCUT2D eigenvalue weighted by Crippen LogP contribution is 2.10. The van der Waals surface area contributed by atoms with Crippen molar-refractivity contribution >= 4 is 33.2 Å². The van der Waals surface area contributed by atoms with Crippen LogP contribution in [-0.4, -0.2) is 44.9 Å². The number of nitrogens with zero attached hydrogens (tertiary/aromatic N) is 1. The maximum absolute atomic E-state index is 12.2. The zero-order valence-electron chi connectivity index (χ0n) is 14.4. The normalized spacial score (nSPS) is 12.4. The highest BCUT2D eigenvalue weighted by molar-refractivity contribution is 7.89. The number of ether oxygens (including phenoxy) is 1. The molecule has 0 aliphatic carbocycles. The van der Waals surface area contributed by atoms with Crippen molar-refractivity contribution in [1.29, 1.82) is 0 Å². The molecule has 7 nitrogen and oxygen atoms in total. The molecule has 1 aromatic heterocycles. The summed E-state index contributed by atoms with van der Waals surface area (Å²) in [6, 6.07) is 8.48. The van der Waals surface area contributed by atoms with Gasteiger partial charge in [-0.1, -0.05) is 18.2 Å². The first-order valence-corrected chi connectivity index (χ1v) is 10.2. The molecule has 9 heteroatoms. The van der Waals surface area contributed by atoms with E-state index in [2.05, 4.69) is 4.72 Å². The molecular formula is C17H20N2O5S2. The maximum atomic E-state index is 12.2. The summed E-state index contributed by atoms with van der Waals surface area (Å²) in [5.74, 6) is -1.19. The average Bonchev–Trinajstić information content (AvgIpc) is 3.12. The molecule has 0 saturated heterocycles. The molecule has 1 heterocycles. The summed E-state index contributed by atoms with van der Waals surface area (Å²) in [6.07, 6.45) is 0. The molecule has 0 bridgehead atoms. The van der Waals surface area contributed by atoms with Crippen LogP contribution in [0.25, 0.3) is 0 Å². The van der Waals surface area contributed by atoms with Gasteiger partial charge in [0.1, 0.15) is 6.04 Å². The lowest BCUT2D eigenvalue weighted by molar-refractivity contribution is -0.152. The molecular weight excluding hydrogens is 376 g/mol. The molecule has 1 atom stereocenters. The van der Waals surface area contributed by atoms with Crippen LogP contribution in [0.1, 0.15) is 12.5 Å². The van der Waals surface area contributed by atoms with Crippen molar-refractivity contribution in [3.63, 3.8) is 0 Å². The molecule has 0 radical (unpaired) electrons.